The lowest BCUT2D eigenvalue weighted by Crippen LogP contribution is -2.35. The van der Waals surface area contributed by atoms with E-state index in [1.165, 1.54) is 22.8 Å². The minimum atomic E-state index is -0.651. The van der Waals surface area contributed by atoms with Gasteiger partial charge in [-0.15, -0.1) is 0 Å². The van der Waals surface area contributed by atoms with Crippen LogP contribution in [0.5, 0.6) is 0 Å². The normalized spacial score (nSPS) is 16.1. The van der Waals surface area contributed by atoms with Crippen molar-refractivity contribution < 1.29 is 18.9 Å². The number of thiazole rings is 1. The van der Waals surface area contributed by atoms with Crippen molar-refractivity contribution in [2.24, 2.45) is 4.99 Å². The van der Waals surface area contributed by atoms with Crippen LogP contribution in [0.25, 0.3) is 11.8 Å². The number of furan rings is 1. The Morgan fingerprint density at radius 2 is 2.06 bits per heavy atom. The van der Waals surface area contributed by atoms with Gasteiger partial charge >= 0.3 is 11.9 Å². The van der Waals surface area contributed by atoms with Crippen LogP contribution in [0.1, 0.15) is 31.2 Å². The molecule has 1 aliphatic heterocycles. The molecule has 1 atom stereocenters. The van der Waals surface area contributed by atoms with Gasteiger partial charge in [0.2, 0.25) is 0 Å². The SMILES string of the molecule is CCOC(=O)C1=C(C)n2c(s/c(=C/c3ccc([N+](=O)[O-])o3)c2=O)=N[C@H]1c1ccccc1. The van der Waals surface area contributed by atoms with E-state index in [0.29, 0.717) is 16.1 Å². The van der Waals surface area contributed by atoms with Crippen LogP contribution in [0.15, 0.2) is 62.2 Å². The molecule has 31 heavy (non-hydrogen) atoms. The fraction of sp³-hybridized carbons (Fsp3) is 0.190. The fourth-order valence-electron chi connectivity index (χ4n) is 3.34. The molecule has 0 unspecified atom stereocenters. The van der Waals surface area contributed by atoms with E-state index in [1.807, 2.05) is 30.3 Å². The lowest BCUT2D eigenvalue weighted by molar-refractivity contribution is -0.402. The monoisotopic (exact) mass is 439 g/mol. The van der Waals surface area contributed by atoms with E-state index in [1.54, 1.807) is 13.8 Å². The third-order valence-corrected chi connectivity index (χ3v) is 5.70. The lowest BCUT2D eigenvalue weighted by atomic mass is 9.97. The first-order valence-electron chi connectivity index (χ1n) is 9.39. The Balaban J connectivity index is 1.92. The Hall–Kier alpha value is -3.79. The molecular weight excluding hydrogens is 422 g/mol. The van der Waals surface area contributed by atoms with Crippen molar-refractivity contribution in [3.05, 3.63) is 89.2 Å². The molecule has 0 bridgehead atoms. The smallest absolute Gasteiger partial charge is 0.433 e. The third kappa shape index (κ3) is 3.73. The maximum atomic E-state index is 13.1. The first kappa shape index (κ1) is 20.5. The van der Waals surface area contributed by atoms with E-state index >= 15 is 0 Å². The summed E-state index contributed by atoms with van der Waals surface area (Å²) in [7, 11) is 0. The van der Waals surface area contributed by atoms with Crippen LogP contribution in [0, 0.1) is 10.1 Å². The summed E-state index contributed by atoms with van der Waals surface area (Å²) in [6.07, 6.45) is 1.43. The molecule has 0 saturated carbocycles. The number of allylic oxidation sites excluding steroid dienone is 1. The molecule has 0 N–H and O–H groups in total. The van der Waals surface area contributed by atoms with Gasteiger partial charge in [0.1, 0.15) is 21.3 Å². The zero-order valence-corrected chi connectivity index (χ0v) is 17.4. The van der Waals surface area contributed by atoms with Crippen LogP contribution < -0.4 is 14.9 Å². The highest BCUT2D eigenvalue weighted by molar-refractivity contribution is 7.07. The molecule has 2 aromatic heterocycles. The Morgan fingerprint density at radius 1 is 1.32 bits per heavy atom. The average Bonchev–Trinajstić information content (AvgIpc) is 3.34. The van der Waals surface area contributed by atoms with E-state index in [4.69, 9.17) is 9.15 Å². The second kappa shape index (κ2) is 8.15. The maximum Gasteiger partial charge on any atom is 0.433 e. The summed E-state index contributed by atoms with van der Waals surface area (Å²) >= 11 is 1.12. The molecule has 1 aromatic carbocycles. The summed E-state index contributed by atoms with van der Waals surface area (Å²) in [6.45, 7) is 3.58. The van der Waals surface area contributed by atoms with Gasteiger partial charge in [-0.05, 0) is 25.5 Å². The number of esters is 1. The molecule has 3 aromatic rings. The van der Waals surface area contributed by atoms with Crippen molar-refractivity contribution in [3.8, 4) is 0 Å². The topological polar surface area (TPSA) is 117 Å². The number of benzene rings is 1. The van der Waals surface area contributed by atoms with E-state index in [-0.39, 0.29) is 16.9 Å². The lowest BCUT2D eigenvalue weighted by Gasteiger charge is -2.22. The predicted octanol–water partition coefficient (Wildman–Crippen LogP) is 2.41. The first-order chi connectivity index (χ1) is 14.9. The molecule has 0 radical (unpaired) electrons. The van der Waals surface area contributed by atoms with Gasteiger partial charge < -0.3 is 9.15 Å². The second-order valence-electron chi connectivity index (χ2n) is 6.63. The second-order valence-corrected chi connectivity index (χ2v) is 7.64. The van der Waals surface area contributed by atoms with Crippen molar-refractivity contribution in [3.63, 3.8) is 0 Å². The maximum absolute atomic E-state index is 13.1. The minimum Gasteiger partial charge on any atom is -0.463 e. The van der Waals surface area contributed by atoms with Crippen molar-refractivity contribution >= 4 is 35.0 Å². The molecule has 1 aliphatic rings. The highest BCUT2D eigenvalue weighted by Gasteiger charge is 2.31. The van der Waals surface area contributed by atoms with Gasteiger partial charge in [-0.2, -0.15) is 0 Å². The summed E-state index contributed by atoms with van der Waals surface area (Å²) in [5.41, 5.74) is 1.13. The Labute approximate surface area is 179 Å². The highest BCUT2D eigenvalue weighted by Crippen LogP contribution is 2.32. The van der Waals surface area contributed by atoms with Gasteiger partial charge in [0.15, 0.2) is 4.80 Å². The number of hydrogen-bond acceptors (Lipinski definition) is 8. The number of fused-ring (bicyclic) bond motifs is 1. The number of hydrogen-bond donors (Lipinski definition) is 0. The molecule has 0 amide bonds. The molecule has 4 rings (SSSR count). The number of carbonyl (C=O) groups excluding carboxylic acids is 1. The third-order valence-electron chi connectivity index (χ3n) is 4.72. The molecular formula is C21H17N3O6S. The van der Waals surface area contributed by atoms with Gasteiger partial charge in [-0.1, -0.05) is 41.7 Å². The largest absolute Gasteiger partial charge is 0.463 e. The summed E-state index contributed by atoms with van der Waals surface area (Å²) in [6, 6.07) is 11.3. The Bertz CT molecular complexity index is 1380. The molecule has 0 aliphatic carbocycles. The van der Waals surface area contributed by atoms with Gasteiger partial charge in [-0.3, -0.25) is 19.5 Å². The summed E-state index contributed by atoms with van der Waals surface area (Å²) in [5, 5.41) is 10.8. The number of ether oxygens (including phenoxy) is 1. The number of carbonyl (C=O) groups is 1. The number of aromatic nitrogens is 1. The van der Waals surface area contributed by atoms with E-state index in [2.05, 4.69) is 4.99 Å². The fourth-order valence-corrected chi connectivity index (χ4v) is 4.36. The van der Waals surface area contributed by atoms with Gasteiger partial charge in [-0.25, -0.2) is 9.79 Å². The van der Waals surface area contributed by atoms with Crippen LogP contribution in [0.3, 0.4) is 0 Å². The van der Waals surface area contributed by atoms with E-state index in [0.717, 1.165) is 16.9 Å². The van der Waals surface area contributed by atoms with Crippen molar-refractivity contribution in [2.45, 2.75) is 19.9 Å². The standard InChI is InChI=1S/C21H17N3O6S/c1-3-29-20(26)17-12(2)23-19(25)15(11-14-9-10-16(30-14)24(27)28)31-21(23)22-18(17)13-7-5-4-6-8-13/h4-11,18H,3H2,1-2H3/b15-11+/t18-/m0/s1. The molecule has 0 spiro atoms. The Kier molecular flexibility index (Phi) is 5.38. The predicted molar refractivity (Wildman–Crippen MR) is 113 cm³/mol. The van der Waals surface area contributed by atoms with Crippen LogP contribution in [-0.4, -0.2) is 22.1 Å². The quantitative estimate of drug-likeness (QED) is 0.342. The molecule has 0 fully saturated rings. The van der Waals surface area contributed by atoms with Crippen LogP contribution >= 0.6 is 11.3 Å². The van der Waals surface area contributed by atoms with E-state index in [9.17, 15) is 19.7 Å². The summed E-state index contributed by atoms with van der Waals surface area (Å²) in [4.78, 5) is 41.1. The molecule has 0 saturated heterocycles. The van der Waals surface area contributed by atoms with Gasteiger partial charge in [0.25, 0.3) is 5.56 Å². The van der Waals surface area contributed by atoms with E-state index < -0.39 is 28.4 Å². The zero-order chi connectivity index (χ0) is 22.1. The molecule has 158 valence electrons. The number of nitrogens with zero attached hydrogens (tertiary/aromatic N) is 3. The first-order valence-corrected chi connectivity index (χ1v) is 10.2. The van der Waals surface area contributed by atoms with Crippen LogP contribution in [0.4, 0.5) is 5.88 Å². The highest BCUT2D eigenvalue weighted by atomic mass is 32.1. The molecule has 3 heterocycles. The van der Waals surface area contributed by atoms with Crippen molar-refractivity contribution in [2.75, 3.05) is 6.61 Å². The average molecular weight is 439 g/mol. The van der Waals surface area contributed by atoms with Crippen molar-refractivity contribution in [1.29, 1.82) is 0 Å². The minimum absolute atomic E-state index is 0.176. The summed E-state index contributed by atoms with van der Waals surface area (Å²) < 4.78 is 12.0. The molecule has 9 nitrogen and oxygen atoms in total. The van der Waals surface area contributed by atoms with Crippen LogP contribution in [-0.2, 0) is 9.53 Å². The number of rotatable bonds is 5. The van der Waals surface area contributed by atoms with Crippen LogP contribution in [0.2, 0.25) is 0 Å². The Morgan fingerprint density at radius 3 is 2.71 bits per heavy atom. The zero-order valence-electron chi connectivity index (χ0n) is 16.6. The number of nitro groups is 1. The van der Waals surface area contributed by atoms with Crippen molar-refractivity contribution in [1.82, 2.24) is 4.57 Å². The summed E-state index contributed by atoms with van der Waals surface area (Å²) in [5.74, 6) is -0.773. The van der Waals surface area contributed by atoms with Gasteiger partial charge in [0.05, 0.1) is 18.2 Å². The van der Waals surface area contributed by atoms with Gasteiger partial charge in [0, 0.05) is 11.8 Å². The molecule has 10 heteroatoms.